The van der Waals surface area contributed by atoms with Gasteiger partial charge >= 0.3 is 0 Å². The molecule has 15 heavy (non-hydrogen) atoms. The number of nitrogens with one attached hydrogen (secondary N) is 1. The zero-order chi connectivity index (χ0) is 11.3. The van der Waals surface area contributed by atoms with Crippen LogP contribution in [0.3, 0.4) is 0 Å². The van der Waals surface area contributed by atoms with Crippen LogP contribution in [0.2, 0.25) is 0 Å². The maximum atomic E-state index is 9.49. The molecule has 0 saturated heterocycles. The average molecular weight is 207 g/mol. The molecule has 0 aromatic heterocycles. The lowest BCUT2D eigenvalue weighted by atomic mass is 9.92. The third kappa shape index (κ3) is 3.33. The first-order valence-electron chi connectivity index (χ1n) is 5.50. The SMILES string of the molecule is CC(C)CNC(C)(CO)c1ccccc1. The van der Waals surface area contributed by atoms with Crippen molar-refractivity contribution >= 4 is 0 Å². The summed E-state index contributed by atoms with van der Waals surface area (Å²) in [5.41, 5.74) is 0.805. The van der Waals surface area contributed by atoms with Crippen LogP contribution in [0, 0.1) is 5.92 Å². The van der Waals surface area contributed by atoms with E-state index in [1.807, 2.05) is 37.3 Å². The Bertz CT molecular complexity index is 284. The second kappa shape index (κ2) is 5.29. The van der Waals surface area contributed by atoms with Crippen LogP contribution in [-0.2, 0) is 5.54 Å². The van der Waals surface area contributed by atoms with Gasteiger partial charge < -0.3 is 10.4 Å². The minimum absolute atomic E-state index is 0.115. The van der Waals surface area contributed by atoms with E-state index in [9.17, 15) is 5.11 Å². The molecular weight excluding hydrogens is 186 g/mol. The molecule has 84 valence electrons. The van der Waals surface area contributed by atoms with E-state index in [1.54, 1.807) is 0 Å². The van der Waals surface area contributed by atoms with Crippen molar-refractivity contribution in [2.24, 2.45) is 5.92 Å². The molecule has 2 heteroatoms. The van der Waals surface area contributed by atoms with Gasteiger partial charge in [0.1, 0.15) is 0 Å². The highest BCUT2D eigenvalue weighted by Gasteiger charge is 2.24. The number of rotatable bonds is 5. The van der Waals surface area contributed by atoms with Gasteiger partial charge in [0.2, 0.25) is 0 Å². The van der Waals surface area contributed by atoms with Crippen molar-refractivity contribution in [1.29, 1.82) is 0 Å². The number of hydrogen-bond donors (Lipinski definition) is 2. The molecule has 0 heterocycles. The predicted octanol–water partition coefficient (Wildman–Crippen LogP) is 2.14. The minimum atomic E-state index is -0.328. The van der Waals surface area contributed by atoms with Gasteiger partial charge in [-0.15, -0.1) is 0 Å². The second-order valence-electron chi connectivity index (χ2n) is 4.63. The van der Waals surface area contributed by atoms with Gasteiger partial charge in [-0.05, 0) is 24.9 Å². The van der Waals surface area contributed by atoms with Gasteiger partial charge in [-0.1, -0.05) is 44.2 Å². The van der Waals surface area contributed by atoms with Gasteiger partial charge in [-0.3, -0.25) is 0 Å². The monoisotopic (exact) mass is 207 g/mol. The fraction of sp³-hybridized carbons (Fsp3) is 0.538. The van der Waals surface area contributed by atoms with E-state index in [0.717, 1.165) is 12.1 Å². The zero-order valence-electron chi connectivity index (χ0n) is 9.83. The number of aliphatic hydroxyl groups excluding tert-OH is 1. The Balaban J connectivity index is 2.76. The topological polar surface area (TPSA) is 32.3 Å². The summed E-state index contributed by atoms with van der Waals surface area (Å²) in [5.74, 6) is 0.583. The number of benzene rings is 1. The summed E-state index contributed by atoms with van der Waals surface area (Å²) in [4.78, 5) is 0. The maximum absolute atomic E-state index is 9.49. The average Bonchev–Trinajstić information content (AvgIpc) is 2.27. The first-order valence-corrected chi connectivity index (χ1v) is 5.50. The van der Waals surface area contributed by atoms with Crippen LogP contribution in [0.4, 0.5) is 0 Å². The highest BCUT2D eigenvalue weighted by molar-refractivity contribution is 5.23. The maximum Gasteiger partial charge on any atom is 0.0652 e. The summed E-state index contributed by atoms with van der Waals surface area (Å²) in [5, 5.41) is 12.9. The molecule has 0 saturated carbocycles. The van der Waals surface area contributed by atoms with E-state index in [-0.39, 0.29) is 12.1 Å². The number of aliphatic hydroxyl groups is 1. The molecule has 0 amide bonds. The van der Waals surface area contributed by atoms with Crippen LogP contribution >= 0.6 is 0 Å². The van der Waals surface area contributed by atoms with Crippen molar-refractivity contribution in [3.8, 4) is 0 Å². The third-order valence-electron chi connectivity index (χ3n) is 2.63. The van der Waals surface area contributed by atoms with E-state index in [1.165, 1.54) is 0 Å². The quantitative estimate of drug-likeness (QED) is 0.775. The van der Waals surface area contributed by atoms with Crippen LogP contribution < -0.4 is 5.32 Å². The standard InChI is InChI=1S/C13H21NO/c1-11(2)9-14-13(3,10-15)12-7-5-4-6-8-12/h4-8,11,14-15H,9-10H2,1-3H3. The molecule has 1 aromatic carbocycles. The Morgan fingerprint density at radius 1 is 1.27 bits per heavy atom. The van der Waals surface area contributed by atoms with Gasteiger partial charge in [0.05, 0.1) is 12.1 Å². The number of hydrogen-bond acceptors (Lipinski definition) is 2. The summed E-state index contributed by atoms with van der Waals surface area (Å²) in [6.45, 7) is 7.38. The summed E-state index contributed by atoms with van der Waals surface area (Å²) >= 11 is 0. The van der Waals surface area contributed by atoms with Crippen LogP contribution in [0.5, 0.6) is 0 Å². The normalized spacial score (nSPS) is 15.3. The Hall–Kier alpha value is -0.860. The van der Waals surface area contributed by atoms with Crippen LogP contribution in [0.25, 0.3) is 0 Å². The molecule has 2 N–H and O–H groups in total. The van der Waals surface area contributed by atoms with E-state index in [0.29, 0.717) is 5.92 Å². The molecule has 1 rings (SSSR count). The van der Waals surface area contributed by atoms with Gasteiger partial charge in [0, 0.05) is 0 Å². The van der Waals surface area contributed by atoms with Gasteiger partial charge in [0.25, 0.3) is 0 Å². The van der Waals surface area contributed by atoms with Crippen LogP contribution in [-0.4, -0.2) is 18.3 Å². The smallest absolute Gasteiger partial charge is 0.0652 e. The van der Waals surface area contributed by atoms with E-state index >= 15 is 0 Å². The second-order valence-corrected chi connectivity index (χ2v) is 4.63. The predicted molar refractivity (Wildman–Crippen MR) is 63.7 cm³/mol. The summed E-state index contributed by atoms with van der Waals surface area (Å²) < 4.78 is 0. The molecule has 0 aliphatic carbocycles. The molecule has 0 bridgehead atoms. The summed E-state index contributed by atoms with van der Waals surface area (Å²) in [7, 11) is 0. The van der Waals surface area contributed by atoms with Crippen molar-refractivity contribution in [1.82, 2.24) is 5.32 Å². The van der Waals surface area contributed by atoms with Crippen molar-refractivity contribution in [2.75, 3.05) is 13.2 Å². The minimum Gasteiger partial charge on any atom is -0.394 e. The van der Waals surface area contributed by atoms with Gasteiger partial charge in [-0.2, -0.15) is 0 Å². The lowest BCUT2D eigenvalue weighted by Crippen LogP contribution is -2.44. The molecule has 0 aliphatic rings. The summed E-state index contributed by atoms with van der Waals surface area (Å²) in [6.07, 6.45) is 0. The van der Waals surface area contributed by atoms with E-state index in [2.05, 4.69) is 19.2 Å². The van der Waals surface area contributed by atoms with Crippen molar-refractivity contribution in [3.05, 3.63) is 35.9 Å². The molecule has 1 unspecified atom stereocenters. The molecule has 1 atom stereocenters. The molecular formula is C13H21NO. The molecule has 0 radical (unpaired) electrons. The highest BCUT2D eigenvalue weighted by atomic mass is 16.3. The fourth-order valence-corrected chi connectivity index (χ4v) is 1.48. The van der Waals surface area contributed by atoms with Crippen molar-refractivity contribution in [3.63, 3.8) is 0 Å². The van der Waals surface area contributed by atoms with Crippen LogP contribution in [0.1, 0.15) is 26.3 Å². The van der Waals surface area contributed by atoms with Crippen LogP contribution in [0.15, 0.2) is 30.3 Å². The molecule has 0 aliphatic heterocycles. The van der Waals surface area contributed by atoms with Crippen molar-refractivity contribution in [2.45, 2.75) is 26.3 Å². The Labute approximate surface area is 92.3 Å². The molecule has 1 aromatic rings. The highest BCUT2D eigenvalue weighted by Crippen LogP contribution is 2.19. The lowest BCUT2D eigenvalue weighted by molar-refractivity contribution is 0.171. The van der Waals surface area contributed by atoms with Gasteiger partial charge in [0.15, 0.2) is 0 Å². The lowest BCUT2D eigenvalue weighted by Gasteiger charge is -2.30. The first-order chi connectivity index (χ1) is 7.08. The first kappa shape index (κ1) is 12.2. The van der Waals surface area contributed by atoms with Gasteiger partial charge in [-0.25, -0.2) is 0 Å². The fourth-order valence-electron chi connectivity index (χ4n) is 1.48. The largest absolute Gasteiger partial charge is 0.394 e. The third-order valence-corrected chi connectivity index (χ3v) is 2.63. The Morgan fingerprint density at radius 2 is 1.87 bits per heavy atom. The Morgan fingerprint density at radius 3 is 2.33 bits per heavy atom. The summed E-state index contributed by atoms with van der Waals surface area (Å²) in [6, 6.07) is 10.1. The van der Waals surface area contributed by atoms with Crippen molar-refractivity contribution < 1.29 is 5.11 Å². The molecule has 2 nitrogen and oxygen atoms in total. The Kier molecular flexibility index (Phi) is 4.30. The van der Waals surface area contributed by atoms with E-state index < -0.39 is 0 Å². The molecule has 0 spiro atoms. The zero-order valence-corrected chi connectivity index (χ0v) is 9.83. The molecule has 0 fully saturated rings. The van der Waals surface area contributed by atoms with E-state index in [4.69, 9.17) is 0 Å².